The van der Waals surface area contributed by atoms with Gasteiger partial charge in [0.25, 0.3) is 11.6 Å². The second-order valence-corrected chi connectivity index (χ2v) is 6.89. The van der Waals surface area contributed by atoms with E-state index in [1.165, 1.54) is 7.11 Å². The van der Waals surface area contributed by atoms with E-state index >= 15 is 0 Å². The molecule has 1 saturated heterocycles. The lowest BCUT2D eigenvalue weighted by Crippen LogP contribution is -2.49. The number of para-hydroxylation sites is 1. The predicted octanol–water partition coefficient (Wildman–Crippen LogP) is 3.89. The van der Waals surface area contributed by atoms with Crippen molar-refractivity contribution < 1.29 is 27.6 Å². The highest BCUT2D eigenvalue weighted by Crippen LogP contribution is 2.37. The van der Waals surface area contributed by atoms with Crippen LogP contribution in [0.3, 0.4) is 0 Å². The second-order valence-electron chi connectivity index (χ2n) is 6.89. The number of alkyl halides is 3. The Labute approximate surface area is 170 Å². The third-order valence-corrected chi connectivity index (χ3v) is 5.05. The molecule has 1 aliphatic heterocycles. The van der Waals surface area contributed by atoms with E-state index in [0.29, 0.717) is 17.4 Å². The number of rotatable bonds is 4. The molecule has 3 rings (SSSR count). The number of anilines is 1. The minimum atomic E-state index is -4.67. The normalized spacial score (nSPS) is 14.6. The van der Waals surface area contributed by atoms with E-state index < -0.39 is 22.4 Å². The van der Waals surface area contributed by atoms with Crippen molar-refractivity contribution >= 4 is 17.3 Å². The Hall–Kier alpha value is -3.30. The van der Waals surface area contributed by atoms with E-state index in [2.05, 4.69) is 0 Å². The Morgan fingerprint density at radius 2 is 1.80 bits per heavy atom. The monoisotopic (exact) mass is 423 g/mol. The quantitative estimate of drug-likeness (QED) is 0.551. The SMILES string of the molecule is COc1c(C)cccc1C(=O)N1CCN(c2ccc(C(F)(F)F)cc2[N+](=O)[O-])CC1. The van der Waals surface area contributed by atoms with Crippen molar-refractivity contribution in [2.75, 3.05) is 38.2 Å². The lowest BCUT2D eigenvalue weighted by molar-refractivity contribution is -0.384. The van der Waals surface area contributed by atoms with Crippen LogP contribution >= 0.6 is 0 Å². The minimum Gasteiger partial charge on any atom is -0.496 e. The van der Waals surface area contributed by atoms with Crippen LogP contribution in [0.15, 0.2) is 36.4 Å². The summed E-state index contributed by atoms with van der Waals surface area (Å²) in [7, 11) is 1.49. The molecular formula is C20H20F3N3O4. The Balaban J connectivity index is 1.78. The average molecular weight is 423 g/mol. The van der Waals surface area contributed by atoms with Crippen molar-refractivity contribution in [2.45, 2.75) is 13.1 Å². The maximum absolute atomic E-state index is 12.9. The number of amides is 1. The zero-order chi connectivity index (χ0) is 22.1. The van der Waals surface area contributed by atoms with Gasteiger partial charge >= 0.3 is 6.18 Å². The third-order valence-electron chi connectivity index (χ3n) is 5.05. The number of nitro groups is 1. The van der Waals surface area contributed by atoms with Crippen molar-refractivity contribution in [3.05, 3.63) is 63.2 Å². The van der Waals surface area contributed by atoms with Crippen LogP contribution in [-0.4, -0.2) is 49.0 Å². The Bertz CT molecular complexity index is 970. The van der Waals surface area contributed by atoms with Crippen LogP contribution in [0.5, 0.6) is 5.75 Å². The fraction of sp³-hybridized carbons (Fsp3) is 0.350. The molecule has 0 aliphatic carbocycles. The third kappa shape index (κ3) is 4.17. The molecule has 30 heavy (non-hydrogen) atoms. The number of halogens is 3. The standard InChI is InChI=1S/C20H20F3N3O4/c1-13-4-3-5-15(18(13)30-2)19(27)25-10-8-24(9-11-25)16-7-6-14(20(21,22)23)12-17(16)26(28)29/h3-7,12H,8-11H2,1-2H3. The van der Waals surface area contributed by atoms with E-state index in [1.54, 1.807) is 21.9 Å². The number of ether oxygens (including phenoxy) is 1. The number of hydrogen-bond acceptors (Lipinski definition) is 5. The Morgan fingerprint density at radius 3 is 2.37 bits per heavy atom. The number of benzene rings is 2. The molecule has 160 valence electrons. The van der Waals surface area contributed by atoms with Crippen molar-refractivity contribution in [1.82, 2.24) is 4.90 Å². The number of hydrogen-bond donors (Lipinski definition) is 0. The highest BCUT2D eigenvalue weighted by Gasteiger charge is 2.34. The van der Waals surface area contributed by atoms with Crippen molar-refractivity contribution in [2.24, 2.45) is 0 Å². The molecule has 0 radical (unpaired) electrons. The molecule has 0 unspecified atom stereocenters. The molecular weight excluding hydrogens is 403 g/mol. The van der Waals surface area contributed by atoms with Crippen molar-refractivity contribution in [3.8, 4) is 5.75 Å². The van der Waals surface area contributed by atoms with E-state index in [0.717, 1.165) is 17.7 Å². The molecule has 0 atom stereocenters. The van der Waals surface area contributed by atoms with Crippen molar-refractivity contribution in [1.29, 1.82) is 0 Å². The van der Waals surface area contributed by atoms with Gasteiger partial charge < -0.3 is 14.5 Å². The number of nitro benzene ring substituents is 1. The molecule has 0 aromatic heterocycles. The summed E-state index contributed by atoms with van der Waals surface area (Å²) in [6, 6.07) is 7.75. The predicted molar refractivity (Wildman–Crippen MR) is 104 cm³/mol. The first-order valence-corrected chi connectivity index (χ1v) is 9.17. The van der Waals surface area contributed by atoms with Gasteiger partial charge in [0.15, 0.2) is 0 Å². The highest BCUT2D eigenvalue weighted by molar-refractivity contribution is 5.97. The molecule has 2 aromatic rings. The zero-order valence-corrected chi connectivity index (χ0v) is 16.4. The van der Waals surface area contributed by atoms with Crippen LogP contribution in [-0.2, 0) is 6.18 Å². The van der Waals surface area contributed by atoms with E-state index in [-0.39, 0.29) is 37.8 Å². The van der Waals surface area contributed by atoms with Gasteiger partial charge in [-0.3, -0.25) is 14.9 Å². The molecule has 0 bridgehead atoms. The van der Waals surface area contributed by atoms with E-state index in [9.17, 15) is 28.1 Å². The number of nitrogens with zero attached hydrogens (tertiary/aromatic N) is 3. The smallest absolute Gasteiger partial charge is 0.416 e. The first-order chi connectivity index (χ1) is 14.1. The van der Waals surface area contributed by atoms with Gasteiger partial charge in [0.2, 0.25) is 0 Å². The number of aryl methyl sites for hydroxylation is 1. The van der Waals surface area contributed by atoms with Gasteiger partial charge in [-0.05, 0) is 30.7 Å². The lowest BCUT2D eigenvalue weighted by Gasteiger charge is -2.36. The molecule has 1 fully saturated rings. The fourth-order valence-electron chi connectivity index (χ4n) is 3.53. The second kappa shape index (κ2) is 8.21. The summed E-state index contributed by atoms with van der Waals surface area (Å²) < 4.78 is 44.1. The Morgan fingerprint density at radius 1 is 1.13 bits per heavy atom. The van der Waals surface area contributed by atoms with Crippen LogP contribution in [0, 0.1) is 17.0 Å². The van der Waals surface area contributed by atoms with Crippen LogP contribution in [0.25, 0.3) is 0 Å². The van der Waals surface area contributed by atoms with Crippen LogP contribution in [0.4, 0.5) is 24.5 Å². The van der Waals surface area contributed by atoms with Crippen LogP contribution in [0.2, 0.25) is 0 Å². The van der Waals surface area contributed by atoms with E-state index in [4.69, 9.17) is 4.74 Å². The number of piperazine rings is 1. The lowest BCUT2D eigenvalue weighted by atomic mass is 10.1. The highest BCUT2D eigenvalue weighted by atomic mass is 19.4. The summed E-state index contributed by atoms with van der Waals surface area (Å²) in [5.74, 6) is 0.264. The van der Waals surface area contributed by atoms with Crippen molar-refractivity contribution in [3.63, 3.8) is 0 Å². The largest absolute Gasteiger partial charge is 0.496 e. The summed E-state index contributed by atoms with van der Waals surface area (Å²) in [5, 5.41) is 11.3. The molecule has 7 nitrogen and oxygen atoms in total. The number of carbonyl (C=O) groups excluding carboxylic acids is 1. The number of carbonyl (C=O) groups is 1. The van der Waals surface area contributed by atoms with Gasteiger partial charge in [0, 0.05) is 32.2 Å². The molecule has 0 N–H and O–H groups in total. The minimum absolute atomic E-state index is 0.105. The van der Waals surface area contributed by atoms with Crippen LogP contribution in [0.1, 0.15) is 21.5 Å². The molecule has 1 aliphatic rings. The molecule has 0 spiro atoms. The van der Waals surface area contributed by atoms with E-state index in [1.807, 2.05) is 13.0 Å². The molecule has 10 heteroatoms. The van der Waals surface area contributed by atoms with Crippen LogP contribution < -0.4 is 9.64 Å². The Kier molecular flexibility index (Phi) is 5.86. The van der Waals surface area contributed by atoms with Gasteiger partial charge in [-0.1, -0.05) is 12.1 Å². The van der Waals surface area contributed by atoms with Gasteiger partial charge in [-0.15, -0.1) is 0 Å². The first-order valence-electron chi connectivity index (χ1n) is 9.17. The molecule has 2 aromatic carbocycles. The summed E-state index contributed by atoms with van der Waals surface area (Å²) >= 11 is 0. The summed E-state index contributed by atoms with van der Waals surface area (Å²) in [4.78, 5) is 26.6. The zero-order valence-electron chi connectivity index (χ0n) is 16.4. The average Bonchev–Trinajstić information content (AvgIpc) is 2.72. The maximum Gasteiger partial charge on any atom is 0.416 e. The van der Waals surface area contributed by atoms with Gasteiger partial charge in [-0.25, -0.2) is 0 Å². The fourth-order valence-corrected chi connectivity index (χ4v) is 3.53. The maximum atomic E-state index is 12.9. The molecule has 1 amide bonds. The first kappa shape index (κ1) is 21.4. The summed E-state index contributed by atoms with van der Waals surface area (Å²) in [5.41, 5.74) is -0.328. The van der Waals surface area contributed by atoms with Gasteiger partial charge in [0.05, 0.1) is 23.2 Å². The van der Waals surface area contributed by atoms with Gasteiger partial charge in [0.1, 0.15) is 11.4 Å². The topological polar surface area (TPSA) is 75.9 Å². The summed E-state index contributed by atoms with van der Waals surface area (Å²) in [6.07, 6.45) is -4.67. The van der Waals surface area contributed by atoms with Gasteiger partial charge in [-0.2, -0.15) is 13.2 Å². The molecule has 1 heterocycles. The number of methoxy groups -OCH3 is 1. The molecule has 0 saturated carbocycles. The summed E-state index contributed by atoms with van der Waals surface area (Å²) in [6.45, 7) is 2.89.